The SMILES string of the molecule is CCCCCCCCCCCCCC(=O)OC[C@H](COP(=O)(O)OC[C@H](O)COP(=O)(O)OC[C@@H](COC(=O)CCCCCCCCCCCCCC(C)C)OC(=O)CCCCCCCCCCCCCCCCCCCCC(C)C)OC(=O)CCCCCCCCCCC(C)CC. The maximum Gasteiger partial charge on any atom is 0.472 e. The second-order valence-electron chi connectivity index (χ2n) is 29.6. The number of rotatable bonds is 77. The van der Waals surface area contributed by atoms with Gasteiger partial charge in [0.1, 0.15) is 19.3 Å². The van der Waals surface area contributed by atoms with E-state index in [1.54, 1.807) is 0 Å². The number of ether oxygens (including phenoxy) is 4. The summed E-state index contributed by atoms with van der Waals surface area (Å²) in [5.41, 5.74) is 0. The lowest BCUT2D eigenvalue weighted by molar-refractivity contribution is -0.161. The highest BCUT2D eigenvalue weighted by molar-refractivity contribution is 7.47. The van der Waals surface area contributed by atoms with Gasteiger partial charge < -0.3 is 33.8 Å². The number of hydrogen-bond donors (Lipinski definition) is 3. The first-order chi connectivity index (χ1) is 47.3. The molecule has 17 nitrogen and oxygen atoms in total. The van der Waals surface area contributed by atoms with E-state index in [1.807, 2.05) is 0 Å². The van der Waals surface area contributed by atoms with Crippen LogP contribution in [-0.4, -0.2) is 96.7 Å². The number of esters is 4. The minimum atomic E-state index is -4.96. The van der Waals surface area contributed by atoms with Gasteiger partial charge >= 0.3 is 39.5 Å². The molecular formula is C79H154O17P2. The van der Waals surface area contributed by atoms with Crippen LogP contribution in [0, 0.1) is 17.8 Å². The van der Waals surface area contributed by atoms with Crippen LogP contribution in [0.5, 0.6) is 0 Å². The molecule has 0 aliphatic carbocycles. The summed E-state index contributed by atoms with van der Waals surface area (Å²) >= 11 is 0. The Morgan fingerprint density at radius 2 is 0.520 bits per heavy atom. The van der Waals surface area contributed by atoms with Crippen molar-refractivity contribution in [2.45, 2.75) is 426 Å². The largest absolute Gasteiger partial charge is 0.472 e. The Labute approximate surface area is 600 Å². The zero-order valence-corrected chi connectivity index (χ0v) is 66.0. The van der Waals surface area contributed by atoms with E-state index in [0.717, 1.165) is 108 Å². The van der Waals surface area contributed by atoms with E-state index in [9.17, 15) is 43.2 Å². The molecule has 0 saturated carbocycles. The molecule has 0 aliphatic heterocycles. The second-order valence-corrected chi connectivity index (χ2v) is 32.6. The van der Waals surface area contributed by atoms with Gasteiger partial charge in [-0.3, -0.25) is 37.3 Å². The molecule has 0 rings (SSSR count). The summed E-state index contributed by atoms with van der Waals surface area (Å²) in [4.78, 5) is 72.9. The predicted molar refractivity (Wildman–Crippen MR) is 400 cm³/mol. The zero-order valence-electron chi connectivity index (χ0n) is 64.3. The van der Waals surface area contributed by atoms with Crippen LogP contribution in [0.15, 0.2) is 0 Å². The fraction of sp³-hybridized carbons (Fsp3) is 0.949. The smallest absolute Gasteiger partial charge is 0.462 e. The molecular weight excluding hydrogens is 1280 g/mol. The summed E-state index contributed by atoms with van der Waals surface area (Å²) in [6.45, 7) is 12.0. The Kier molecular flexibility index (Phi) is 68.1. The highest BCUT2D eigenvalue weighted by Gasteiger charge is 2.30. The lowest BCUT2D eigenvalue weighted by Crippen LogP contribution is -2.30. The molecule has 0 heterocycles. The minimum Gasteiger partial charge on any atom is -0.462 e. The average molecular weight is 1440 g/mol. The molecule has 6 atom stereocenters. The van der Waals surface area contributed by atoms with Gasteiger partial charge in [0, 0.05) is 25.7 Å². The molecule has 0 aromatic carbocycles. The first-order valence-corrected chi connectivity index (χ1v) is 43.9. The summed E-state index contributed by atoms with van der Waals surface area (Å²) in [5.74, 6) is 0.246. The molecule has 0 radical (unpaired) electrons. The zero-order chi connectivity index (χ0) is 72.3. The number of unbranched alkanes of at least 4 members (excludes halogenated alkanes) is 44. The fourth-order valence-corrected chi connectivity index (χ4v) is 13.7. The van der Waals surface area contributed by atoms with Crippen LogP contribution in [-0.2, 0) is 65.4 Å². The van der Waals surface area contributed by atoms with Gasteiger partial charge in [0.2, 0.25) is 0 Å². The molecule has 0 bridgehead atoms. The van der Waals surface area contributed by atoms with E-state index in [1.165, 1.54) is 218 Å². The van der Waals surface area contributed by atoms with Gasteiger partial charge in [0.15, 0.2) is 12.2 Å². The average Bonchev–Trinajstić information content (AvgIpc) is 0.999. The van der Waals surface area contributed by atoms with Crippen LogP contribution in [0.25, 0.3) is 0 Å². The number of carbonyl (C=O) groups excluding carboxylic acids is 4. The van der Waals surface area contributed by atoms with Crippen molar-refractivity contribution >= 4 is 39.5 Å². The molecule has 582 valence electrons. The van der Waals surface area contributed by atoms with Crippen molar-refractivity contribution in [2.75, 3.05) is 39.6 Å². The molecule has 3 N–H and O–H groups in total. The molecule has 0 fully saturated rings. The van der Waals surface area contributed by atoms with Crippen molar-refractivity contribution in [3.8, 4) is 0 Å². The third-order valence-electron chi connectivity index (χ3n) is 18.7. The van der Waals surface area contributed by atoms with Crippen molar-refractivity contribution in [2.24, 2.45) is 17.8 Å². The Morgan fingerprint density at radius 1 is 0.296 bits per heavy atom. The number of carbonyl (C=O) groups is 4. The summed E-state index contributed by atoms with van der Waals surface area (Å²) in [6, 6.07) is 0. The fourth-order valence-electron chi connectivity index (χ4n) is 12.1. The molecule has 0 spiro atoms. The quantitative estimate of drug-likeness (QED) is 0.0222. The van der Waals surface area contributed by atoms with Crippen molar-refractivity contribution in [1.82, 2.24) is 0 Å². The molecule has 19 heteroatoms. The number of phosphoric acid groups is 2. The predicted octanol–water partition coefficient (Wildman–Crippen LogP) is 23.4. The third kappa shape index (κ3) is 71.1. The monoisotopic (exact) mass is 1440 g/mol. The van der Waals surface area contributed by atoms with Gasteiger partial charge in [-0.1, -0.05) is 357 Å². The van der Waals surface area contributed by atoms with Crippen molar-refractivity contribution in [3.05, 3.63) is 0 Å². The van der Waals surface area contributed by atoms with Crippen LogP contribution in [0.2, 0.25) is 0 Å². The van der Waals surface area contributed by atoms with Gasteiger partial charge in [-0.25, -0.2) is 9.13 Å². The van der Waals surface area contributed by atoms with Gasteiger partial charge in [-0.2, -0.15) is 0 Å². The molecule has 0 aromatic heterocycles. The van der Waals surface area contributed by atoms with E-state index in [4.69, 9.17) is 37.0 Å². The molecule has 0 amide bonds. The molecule has 0 aromatic rings. The highest BCUT2D eigenvalue weighted by atomic mass is 31.2. The van der Waals surface area contributed by atoms with Crippen LogP contribution in [0.3, 0.4) is 0 Å². The van der Waals surface area contributed by atoms with Gasteiger partial charge in [0.05, 0.1) is 26.4 Å². The van der Waals surface area contributed by atoms with Gasteiger partial charge in [-0.15, -0.1) is 0 Å². The van der Waals surface area contributed by atoms with Crippen LogP contribution >= 0.6 is 15.6 Å². The number of aliphatic hydroxyl groups excluding tert-OH is 1. The maximum atomic E-state index is 13.1. The Bertz CT molecular complexity index is 1910. The molecule has 98 heavy (non-hydrogen) atoms. The summed E-state index contributed by atoms with van der Waals surface area (Å²) in [7, 11) is -9.92. The normalized spacial score (nSPS) is 14.3. The van der Waals surface area contributed by atoms with E-state index < -0.39 is 97.5 Å². The van der Waals surface area contributed by atoms with Crippen molar-refractivity contribution in [3.63, 3.8) is 0 Å². The van der Waals surface area contributed by atoms with E-state index in [-0.39, 0.29) is 25.7 Å². The Hall–Kier alpha value is -1.94. The van der Waals surface area contributed by atoms with Gasteiger partial charge in [-0.05, 0) is 43.4 Å². The summed E-state index contributed by atoms with van der Waals surface area (Å²) in [6.07, 6.45) is 56.8. The Morgan fingerprint density at radius 3 is 0.776 bits per heavy atom. The van der Waals surface area contributed by atoms with E-state index in [2.05, 4.69) is 48.5 Å². The number of hydrogen-bond acceptors (Lipinski definition) is 15. The van der Waals surface area contributed by atoms with Crippen LogP contribution in [0.1, 0.15) is 408 Å². The van der Waals surface area contributed by atoms with Crippen LogP contribution in [0.4, 0.5) is 0 Å². The lowest BCUT2D eigenvalue weighted by Gasteiger charge is -2.21. The standard InChI is InChI=1S/C79H154O17P2/c1-8-10-11-12-13-14-24-31-39-46-53-60-76(81)89-67-75(96-79(84)63-56-49-42-35-34-38-45-52-59-72(7)9-2)69-94-98(87,88)92-65-73(80)64-91-97(85,86)93-68-74(66-90-77(82)61-54-47-40-32-28-23-26-30-37-44-51-58-71(5)6)95-78(83)62-55-48-41-33-27-22-20-18-16-15-17-19-21-25-29-36-43-50-57-70(3)4/h70-75,80H,8-69H2,1-7H3,(H,85,86)(H,87,88)/t72?,73-,74-,75-/m1/s1. The van der Waals surface area contributed by atoms with Crippen LogP contribution < -0.4 is 0 Å². The molecule has 0 saturated heterocycles. The Balaban J connectivity index is 5.22. The highest BCUT2D eigenvalue weighted by Crippen LogP contribution is 2.45. The van der Waals surface area contributed by atoms with Crippen molar-refractivity contribution in [1.29, 1.82) is 0 Å². The lowest BCUT2D eigenvalue weighted by atomic mass is 9.99. The van der Waals surface area contributed by atoms with E-state index in [0.29, 0.717) is 25.7 Å². The van der Waals surface area contributed by atoms with Gasteiger partial charge in [0.25, 0.3) is 0 Å². The maximum absolute atomic E-state index is 13.1. The topological polar surface area (TPSA) is 237 Å². The summed E-state index contributed by atoms with van der Waals surface area (Å²) < 4.78 is 68.6. The molecule has 0 aliphatic rings. The molecule has 3 unspecified atom stereocenters. The first-order valence-electron chi connectivity index (χ1n) is 40.9. The minimum absolute atomic E-state index is 0.105. The number of aliphatic hydroxyl groups is 1. The second kappa shape index (κ2) is 69.4. The first kappa shape index (κ1) is 96.1. The third-order valence-corrected chi connectivity index (χ3v) is 20.6. The summed E-state index contributed by atoms with van der Waals surface area (Å²) in [5, 5.41) is 10.6. The number of phosphoric ester groups is 2. The van der Waals surface area contributed by atoms with E-state index >= 15 is 0 Å². The van der Waals surface area contributed by atoms with Crippen molar-refractivity contribution < 1.29 is 80.2 Å².